The molecular weight excluding hydrogens is 598 g/mol. The second-order valence-corrected chi connectivity index (χ2v) is 6.70. The van der Waals surface area contributed by atoms with Crippen LogP contribution in [0.2, 0.25) is 0 Å². The standard InChI is InChI=1S/C11H4F17IO/c12-4(13,1-3(29)2-30)5(14,15)6(16,17)7(18,19)8(20,21)9(22,23)10(24,25)11(26,27)28/h1,30H,2H2/b3-1-. The molecule has 0 amide bonds. The maximum absolute atomic E-state index is 13.3. The number of hydrogen-bond acceptors (Lipinski definition) is 1. The van der Waals surface area contributed by atoms with E-state index in [0.29, 0.717) is 22.6 Å². The van der Waals surface area contributed by atoms with E-state index in [1.807, 2.05) is 0 Å². The first kappa shape index (κ1) is 29.2. The largest absolute Gasteiger partial charge is 0.460 e. The molecule has 0 heterocycles. The van der Waals surface area contributed by atoms with Crippen molar-refractivity contribution < 1.29 is 79.7 Å². The third-order valence-corrected chi connectivity index (χ3v) is 3.89. The quantitative estimate of drug-likeness (QED) is 0.256. The summed E-state index contributed by atoms with van der Waals surface area (Å²) < 4.78 is 218. The molecule has 1 N–H and O–H groups in total. The number of rotatable bonds is 8. The molecular formula is C11H4F17IO. The SMILES string of the molecule is OC/C(I)=C/C(F)(F)C(F)(F)C(F)(F)C(F)(F)C(F)(F)C(F)(F)C(F)(F)C(F)(F)F. The highest BCUT2D eigenvalue weighted by atomic mass is 127. The van der Waals surface area contributed by atoms with E-state index < -0.39 is 63.9 Å². The molecule has 0 rings (SSSR count). The van der Waals surface area contributed by atoms with E-state index in [2.05, 4.69) is 0 Å². The van der Waals surface area contributed by atoms with E-state index in [-0.39, 0.29) is 0 Å². The lowest BCUT2D eigenvalue weighted by Crippen LogP contribution is -2.74. The minimum absolute atomic E-state index is 0.541. The Labute approximate surface area is 167 Å². The van der Waals surface area contributed by atoms with Gasteiger partial charge in [-0.2, -0.15) is 74.6 Å². The Kier molecular flexibility index (Phi) is 7.48. The van der Waals surface area contributed by atoms with Crippen LogP contribution in [0.4, 0.5) is 74.6 Å². The monoisotopic (exact) mass is 602 g/mol. The van der Waals surface area contributed by atoms with Gasteiger partial charge in [0.1, 0.15) is 0 Å². The van der Waals surface area contributed by atoms with E-state index in [0.717, 1.165) is 0 Å². The third kappa shape index (κ3) is 3.91. The van der Waals surface area contributed by atoms with Crippen molar-refractivity contribution in [3.63, 3.8) is 0 Å². The molecule has 0 saturated heterocycles. The fourth-order valence-electron chi connectivity index (χ4n) is 1.51. The van der Waals surface area contributed by atoms with Crippen molar-refractivity contribution in [1.29, 1.82) is 0 Å². The second-order valence-electron chi connectivity index (χ2n) is 5.32. The molecule has 0 aliphatic carbocycles. The average Bonchev–Trinajstić information content (AvgIpc) is 2.51. The fourth-order valence-corrected chi connectivity index (χ4v) is 1.90. The third-order valence-electron chi connectivity index (χ3n) is 3.24. The maximum Gasteiger partial charge on any atom is 0.460 e. The number of hydrogen-bond donors (Lipinski definition) is 1. The summed E-state index contributed by atoms with van der Waals surface area (Å²) in [5, 5.41) is 8.33. The summed E-state index contributed by atoms with van der Waals surface area (Å²) in [6.07, 6.45) is -9.16. The molecule has 0 aromatic carbocycles. The van der Waals surface area contributed by atoms with E-state index >= 15 is 0 Å². The Balaban J connectivity index is 6.77. The Morgan fingerprint density at radius 2 is 0.800 bits per heavy atom. The summed E-state index contributed by atoms with van der Waals surface area (Å²) in [6.45, 7) is -1.62. The first-order valence-electron chi connectivity index (χ1n) is 6.40. The Bertz CT molecular complexity index is 661. The summed E-state index contributed by atoms with van der Waals surface area (Å²) in [6, 6.07) is 0. The van der Waals surface area contributed by atoms with E-state index in [1.54, 1.807) is 0 Å². The zero-order valence-electron chi connectivity index (χ0n) is 13.0. The van der Waals surface area contributed by atoms with Gasteiger partial charge in [-0.05, 0) is 22.6 Å². The van der Waals surface area contributed by atoms with Crippen LogP contribution in [0.1, 0.15) is 0 Å². The fraction of sp³-hybridized carbons (Fsp3) is 0.818. The first-order valence-corrected chi connectivity index (χ1v) is 7.48. The van der Waals surface area contributed by atoms with Crippen molar-refractivity contribution in [1.82, 2.24) is 0 Å². The lowest BCUT2D eigenvalue weighted by atomic mass is 9.89. The normalized spacial score (nSPS) is 16.8. The summed E-state index contributed by atoms with van der Waals surface area (Å²) in [5.41, 5.74) is 0. The van der Waals surface area contributed by atoms with Crippen LogP contribution in [0.25, 0.3) is 0 Å². The van der Waals surface area contributed by atoms with Gasteiger partial charge in [-0.1, -0.05) is 0 Å². The van der Waals surface area contributed by atoms with Gasteiger partial charge in [-0.15, -0.1) is 0 Å². The van der Waals surface area contributed by atoms with Crippen LogP contribution in [0, 0.1) is 0 Å². The molecule has 0 saturated carbocycles. The van der Waals surface area contributed by atoms with E-state index in [1.165, 1.54) is 0 Å². The Hall–Kier alpha value is -0.760. The highest BCUT2D eigenvalue weighted by Crippen LogP contribution is 2.64. The number of halogens is 18. The number of allylic oxidation sites excluding steroid dienone is 1. The number of aliphatic hydroxyl groups excluding tert-OH is 1. The van der Waals surface area contributed by atoms with Crippen LogP contribution in [-0.4, -0.2) is 59.3 Å². The van der Waals surface area contributed by atoms with Gasteiger partial charge in [-0.25, -0.2) is 0 Å². The summed E-state index contributed by atoms with van der Waals surface area (Å²) in [7, 11) is 0. The van der Waals surface area contributed by atoms with E-state index in [9.17, 15) is 74.6 Å². The van der Waals surface area contributed by atoms with Crippen LogP contribution in [-0.2, 0) is 0 Å². The van der Waals surface area contributed by atoms with Gasteiger partial charge in [0.05, 0.1) is 6.61 Å². The topological polar surface area (TPSA) is 20.2 Å². The molecule has 180 valence electrons. The van der Waals surface area contributed by atoms with Gasteiger partial charge >= 0.3 is 47.6 Å². The summed E-state index contributed by atoms with van der Waals surface area (Å²) in [5.74, 6) is -56.6. The van der Waals surface area contributed by atoms with Gasteiger partial charge < -0.3 is 5.11 Å². The predicted octanol–water partition coefficient (Wildman–Crippen LogP) is 6.31. The molecule has 0 aliphatic rings. The molecule has 1 nitrogen and oxygen atoms in total. The summed E-state index contributed by atoms with van der Waals surface area (Å²) in [4.78, 5) is 0. The van der Waals surface area contributed by atoms with Crippen LogP contribution in [0.15, 0.2) is 9.66 Å². The molecule has 0 spiro atoms. The molecule has 0 aromatic rings. The maximum atomic E-state index is 13.3. The smallest absolute Gasteiger partial charge is 0.391 e. The molecule has 0 fully saturated rings. The van der Waals surface area contributed by atoms with Gasteiger partial charge in [0, 0.05) is 9.66 Å². The van der Waals surface area contributed by atoms with Gasteiger partial charge in [-0.3, -0.25) is 0 Å². The van der Waals surface area contributed by atoms with Gasteiger partial charge in [0.15, 0.2) is 0 Å². The molecule has 0 bridgehead atoms. The highest BCUT2D eigenvalue weighted by molar-refractivity contribution is 14.1. The van der Waals surface area contributed by atoms with Crippen molar-refractivity contribution in [2.75, 3.05) is 6.61 Å². The minimum Gasteiger partial charge on any atom is -0.391 e. The zero-order valence-corrected chi connectivity index (χ0v) is 15.2. The predicted molar refractivity (Wildman–Crippen MR) is 69.9 cm³/mol. The number of alkyl halides is 17. The van der Waals surface area contributed by atoms with Crippen molar-refractivity contribution in [3.05, 3.63) is 9.66 Å². The first-order chi connectivity index (χ1) is 12.7. The zero-order chi connectivity index (χ0) is 25.0. The molecule has 30 heavy (non-hydrogen) atoms. The van der Waals surface area contributed by atoms with Crippen molar-refractivity contribution >= 4 is 22.6 Å². The van der Waals surface area contributed by atoms with Crippen molar-refractivity contribution in [3.8, 4) is 0 Å². The minimum atomic E-state index is -8.64. The van der Waals surface area contributed by atoms with Gasteiger partial charge in [0.2, 0.25) is 0 Å². The van der Waals surface area contributed by atoms with Crippen molar-refractivity contribution in [2.24, 2.45) is 0 Å². The molecule has 19 heteroatoms. The lowest BCUT2D eigenvalue weighted by Gasteiger charge is -2.42. The molecule has 0 aromatic heterocycles. The average molecular weight is 602 g/mol. The summed E-state index contributed by atoms with van der Waals surface area (Å²) >= 11 is 0.541. The van der Waals surface area contributed by atoms with E-state index in [4.69, 9.17) is 5.11 Å². The van der Waals surface area contributed by atoms with Crippen molar-refractivity contribution in [2.45, 2.75) is 47.6 Å². The molecule has 0 radical (unpaired) electrons. The molecule has 0 atom stereocenters. The molecule has 0 unspecified atom stereocenters. The molecule has 0 aliphatic heterocycles. The highest BCUT2D eigenvalue weighted by Gasteiger charge is 2.95. The van der Waals surface area contributed by atoms with Crippen LogP contribution < -0.4 is 0 Å². The second kappa shape index (κ2) is 7.68. The van der Waals surface area contributed by atoms with Crippen LogP contribution >= 0.6 is 22.6 Å². The Morgan fingerprint density at radius 1 is 0.533 bits per heavy atom. The lowest BCUT2D eigenvalue weighted by molar-refractivity contribution is -0.459. The van der Waals surface area contributed by atoms with Gasteiger partial charge in [0.25, 0.3) is 0 Å². The van der Waals surface area contributed by atoms with Crippen LogP contribution in [0.3, 0.4) is 0 Å². The van der Waals surface area contributed by atoms with Crippen LogP contribution in [0.5, 0.6) is 0 Å². The Morgan fingerprint density at radius 3 is 1.07 bits per heavy atom. The number of aliphatic hydroxyl groups is 1.